The van der Waals surface area contributed by atoms with E-state index in [9.17, 15) is 9.59 Å². The first-order valence-corrected chi connectivity index (χ1v) is 7.61. The molecule has 24 heavy (non-hydrogen) atoms. The third-order valence-electron chi connectivity index (χ3n) is 3.59. The summed E-state index contributed by atoms with van der Waals surface area (Å²) in [5.41, 5.74) is 3.66. The number of rotatable bonds is 3. The molecule has 5 nitrogen and oxygen atoms in total. The fraction of sp³-hybridized carbons (Fsp3) is 0.0556. The second-order valence-corrected chi connectivity index (χ2v) is 5.69. The zero-order valence-corrected chi connectivity index (χ0v) is 13.6. The Kier molecular flexibility index (Phi) is 4.44. The average Bonchev–Trinajstić information content (AvgIpc) is 2.60. The Morgan fingerprint density at radius 1 is 1.17 bits per heavy atom. The van der Waals surface area contributed by atoms with Crippen molar-refractivity contribution in [1.82, 2.24) is 9.99 Å². The first kappa shape index (κ1) is 16.0. The van der Waals surface area contributed by atoms with Gasteiger partial charge in [-0.3, -0.25) is 9.59 Å². The average molecular weight is 340 g/mol. The van der Waals surface area contributed by atoms with E-state index in [0.29, 0.717) is 10.4 Å². The highest BCUT2D eigenvalue weighted by Gasteiger charge is 2.13. The maximum absolute atomic E-state index is 12.5. The number of benzene rings is 2. The molecular weight excluding hydrogens is 326 g/mol. The maximum Gasteiger partial charge on any atom is 0.276 e. The molecular formula is C18H14ClN3O2. The molecule has 120 valence electrons. The van der Waals surface area contributed by atoms with Crippen LogP contribution in [0, 0.1) is 0 Å². The number of carbonyl (C=O) groups excluding carboxylic acids is 1. The standard InChI is InChI=1S/C18H14ClN3O2/c1-22-11-15(17(23)14-4-2-3-5-16(14)22)18(24)21-20-10-12-6-8-13(19)9-7-12/h2-11H,1H3,(H,21,24). The predicted molar refractivity (Wildman–Crippen MR) is 95.7 cm³/mol. The number of hydrogen-bond acceptors (Lipinski definition) is 3. The zero-order valence-electron chi connectivity index (χ0n) is 12.9. The molecule has 0 aliphatic heterocycles. The van der Waals surface area contributed by atoms with Gasteiger partial charge >= 0.3 is 0 Å². The third kappa shape index (κ3) is 3.21. The zero-order chi connectivity index (χ0) is 17.1. The van der Waals surface area contributed by atoms with Crippen LogP contribution in [0.4, 0.5) is 0 Å². The van der Waals surface area contributed by atoms with Crippen LogP contribution < -0.4 is 10.9 Å². The smallest absolute Gasteiger partial charge is 0.276 e. The van der Waals surface area contributed by atoms with Crippen molar-refractivity contribution in [3.63, 3.8) is 0 Å². The molecule has 0 spiro atoms. The lowest BCUT2D eigenvalue weighted by atomic mass is 10.1. The van der Waals surface area contributed by atoms with Crippen LogP contribution in [0.3, 0.4) is 0 Å². The van der Waals surface area contributed by atoms with E-state index < -0.39 is 5.91 Å². The van der Waals surface area contributed by atoms with Crippen molar-refractivity contribution >= 4 is 34.6 Å². The van der Waals surface area contributed by atoms with Crippen LogP contribution in [0.5, 0.6) is 0 Å². The summed E-state index contributed by atoms with van der Waals surface area (Å²) in [6.45, 7) is 0. The summed E-state index contributed by atoms with van der Waals surface area (Å²) in [6, 6.07) is 14.1. The number of amides is 1. The molecule has 0 fully saturated rings. The fourth-order valence-corrected chi connectivity index (χ4v) is 2.50. The second kappa shape index (κ2) is 6.68. The van der Waals surface area contributed by atoms with Crippen molar-refractivity contribution < 1.29 is 4.79 Å². The Morgan fingerprint density at radius 2 is 1.88 bits per heavy atom. The van der Waals surface area contributed by atoms with Crippen LogP contribution in [0.25, 0.3) is 10.9 Å². The molecule has 2 aromatic carbocycles. The Balaban J connectivity index is 1.85. The van der Waals surface area contributed by atoms with Crippen LogP contribution >= 0.6 is 11.6 Å². The summed E-state index contributed by atoms with van der Waals surface area (Å²) in [4.78, 5) is 24.7. The Bertz CT molecular complexity index is 991. The number of hydrazone groups is 1. The SMILES string of the molecule is Cn1cc(C(=O)NN=Cc2ccc(Cl)cc2)c(=O)c2ccccc21. The molecule has 1 heterocycles. The minimum atomic E-state index is -0.549. The van der Waals surface area contributed by atoms with Gasteiger partial charge in [0.2, 0.25) is 5.43 Å². The number of aryl methyl sites for hydroxylation is 1. The van der Waals surface area contributed by atoms with Crippen LogP contribution in [0.1, 0.15) is 15.9 Å². The first-order valence-electron chi connectivity index (χ1n) is 7.23. The van der Waals surface area contributed by atoms with Crippen molar-refractivity contribution in [1.29, 1.82) is 0 Å². The Hall–Kier alpha value is -2.92. The van der Waals surface area contributed by atoms with Gasteiger partial charge < -0.3 is 4.57 Å². The van der Waals surface area contributed by atoms with E-state index in [4.69, 9.17) is 11.6 Å². The number of carbonyl (C=O) groups is 1. The third-order valence-corrected chi connectivity index (χ3v) is 3.84. The molecule has 0 radical (unpaired) electrons. The molecule has 6 heteroatoms. The molecule has 0 saturated carbocycles. The molecule has 1 amide bonds. The van der Waals surface area contributed by atoms with E-state index in [2.05, 4.69) is 10.5 Å². The normalized spacial score (nSPS) is 11.1. The maximum atomic E-state index is 12.5. The number of hydrogen-bond donors (Lipinski definition) is 1. The van der Waals surface area contributed by atoms with Gasteiger partial charge in [0.25, 0.3) is 5.91 Å². The molecule has 1 aromatic heterocycles. The van der Waals surface area contributed by atoms with E-state index in [0.717, 1.165) is 11.1 Å². The van der Waals surface area contributed by atoms with Crippen LogP contribution in [-0.2, 0) is 7.05 Å². The second-order valence-electron chi connectivity index (χ2n) is 5.25. The summed E-state index contributed by atoms with van der Waals surface area (Å²) in [7, 11) is 1.79. The molecule has 0 aliphatic carbocycles. The van der Waals surface area contributed by atoms with Crippen LogP contribution in [0.2, 0.25) is 5.02 Å². The topological polar surface area (TPSA) is 63.5 Å². The number of para-hydroxylation sites is 1. The van der Waals surface area contributed by atoms with Gasteiger partial charge in [-0.05, 0) is 29.8 Å². The van der Waals surface area contributed by atoms with Crippen molar-refractivity contribution in [2.24, 2.45) is 12.1 Å². The highest BCUT2D eigenvalue weighted by atomic mass is 35.5. The number of fused-ring (bicyclic) bond motifs is 1. The molecule has 3 rings (SSSR count). The lowest BCUT2D eigenvalue weighted by molar-refractivity contribution is 0.0953. The summed E-state index contributed by atoms with van der Waals surface area (Å²) < 4.78 is 1.74. The lowest BCUT2D eigenvalue weighted by Gasteiger charge is -2.07. The highest BCUT2D eigenvalue weighted by Crippen LogP contribution is 2.10. The van der Waals surface area contributed by atoms with Crippen molar-refractivity contribution in [2.75, 3.05) is 0 Å². The largest absolute Gasteiger partial charge is 0.350 e. The minimum absolute atomic E-state index is 0.0458. The summed E-state index contributed by atoms with van der Waals surface area (Å²) >= 11 is 5.80. The van der Waals surface area contributed by atoms with E-state index >= 15 is 0 Å². The van der Waals surface area contributed by atoms with Gasteiger partial charge in [-0.25, -0.2) is 5.43 Å². The lowest BCUT2D eigenvalue weighted by Crippen LogP contribution is -2.26. The van der Waals surface area contributed by atoms with E-state index in [1.807, 2.05) is 12.1 Å². The van der Waals surface area contributed by atoms with Gasteiger partial charge in [-0.2, -0.15) is 5.10 Å². The van der Waals surface area contributed by atoms with Gasteiger partial charge in [-0.1, -0.05) is 35.9 Å². The van der Waals surface area contributed by atoms with Crippen molar-refractivity contribution in [3.05, 3.63) is 81.1 Å². The molecule has 1 N–H and O–H groups in total. The minimum Gasteiger partial charge on any atom is -0.350 e. The Labute approximate surface area is 143 Å². The number of nitrogens with one attached hydrogen (secondary N) is 1. The monoisotopic (exact) mass is 339 g/mol. The molecule has 0 saturated heterocycles. The van der Waals surface area contributed by atoms with Gasteiger partial charge in [0, 0.05) is 23.7 Å². The van der Waals surface area contributed by atoms with Gasteiger partial charge in [0.15, 0.2) is 0 Å². The molecule has 0 unspecified atom stereocenters. The molecule has 0 atom stereocenters. The van der Waals surface area contributed by atoms with E-state index in [1.165, 1.54) is 12.4 Å². The van der Waals surface area contributed by atoms with Crippen LogP contribution in [0.15, 0.2) is 64.6 Å². The van der Waals surface area contributed by atoms with E-state index in [-0.39, 0.29) is 11.0 Å². The number of nitrogens with zero attached hydrogens (tertiary/aromatic N) is 2. The summed E-state index contributed by atoms with van der Waals surface area (Å²) in [5.74, 6) is -0.549. The fourth-order valence-electron chi connectivity index (χ4n) is 2.38. The van der Waals surface area contributed by atoms with Crippen molar-refractivity contribution in [3.8, 4) is 0 Å². The summed E-state index contributed by atoms with van der Waals surface area (Å²) in [6.07, 6.45) is 3.00. The first-order chi connectivity index (χ1) is 11.6. The van der Waals surface area contributed by atoms with Gasteiger partial charge in [0.05, 0.1) is 11.7 Å². The molecule has 0 aliphatic rings. The summed E-state index contributed by atoms with van der Waals surface area (Å²) in [5, 5.41) is 5.00. The number of aromatic nitrogens is 1. The van der Waals surface area contributed by atoms with Gasteiger partial charge in [-0.15, -0.1) is 0 Å². The van der Waals surface area contributed by atoms with E-state index in [1.54, 1.807) is 48.0 Å². The number of pyridine rings is 1. The van der Waals surface area contributed by atoms with Gasteiger partial charge in [0.1, 0.15) is 5.56 Å². The molecule has 3 aromatic rings. The van der Waals surface area contributed by atoms with Crippen molar-refractivity contribution in [2.45, 2.75) is 0 Å². The van der Waals surface area contributed by atoms with Crippen LogP contribution in [-0.4, -0.2) is 16.7 Å². The predicted octanol–water partition coefficient (Wildman–Crippen LogP) is 2.96. The number of halogens is 1. The Morgan fingerprint density at radius 3 is 2.62 bits per heavy atom. The quantitative estimate of drug-likeness (QED) is 0.589. The highest BCUT2D eigenvalue weighted by molar-refractivity contribution is 6.30. The molecule has 0 bridgehead atoms.